The van der Waals surface area contributed by atoms with Gasteiger partial charge in [-0.25, -0.2) is 4.79 Å². The molecule has 2 rings (SSSR count). The number of hydrogen-bond acceptors (Lipinski definition) is 4. The number of methoxy groups -OCH3 is 1. The van der Waals surface area contributed by atoms with Gasteiger partial charge >= 0.3 is 5.97 Å². The average molecular weight is 320 g/mol. The molecule has 7 heteroatoms. The zero-order valence-corrected chi connectivity index (χ0v) is 12.3. The standard InChI is InChI=1S/C12H9Cl3N2O2/c1-16-10-5(12(18)19-2)4-17-11-7(14)3-6(13)9(15)8(10)11/h3-4H,1-2H3,(H,16,17). The van der Waals surface area contributed by atoms with Gasteiger partial charge in [0.1, 0.15) is 5.56 Å². The second-order valence-electron chi connectivity index (χ2n) is 3.67. The summed E-state index contributed by atoms with van der Waals surface area (Å²) in [5, 5.41) is 4.33. The summed E-state index contributed by atoms with van der Waals surface area (Å²) < 4.78 is 4.70. The van der Waals surface area contributed by atoms with Gasteiger partial charge in [0.05, 0.1) is 33.4 Å². The zero-order chi connectivity index (χ0) is 14.2. The number of anilines is 1. The highest BCUT2D eigenvalue weighted by atomic mass is 35.5. The molecule has 1 aromatic carbocycles. The molecule has 2 aromatic rings. The fourth-order valence-electron chi connectivity index (χ4n) is 1.79. The third-order valence-electron chi connectivity index (χ3n) is 2.64. The summed E-state index contributed by atoms with van der Waals surface area (Å²) >= 11 is 18.3. The molecule has 4 nitrogen and oxygen atoms in total. The Hall–Kier alpha value is -1.23. The van der Waals surface area contributed by atoms with Crippen molar-refractivity contribution in [2.75, 3.05) is 19.5 Å². The smallest absolute Gasteiger partial charge is 0.341 e. The van der Waals surface area contributed by atoms with Crippen molar-refractivity contribution in [1.82, 2.24) is 4.98 Å². The monoisotopic (exact) mass is 318 g/mol. The average Bonchev–Trinajstić information content (AvgIpc) is 2.42. The first kappa shape index (κ1) is 14.2. The van der Waals surface area contributed by atoms with Crippen molar-refractivity contribution in [2.24, 2.45) is 0 Å². The summed E-state index contributed by atoms with van der Waals surface area (Å²) in [4.78, 5) is 15.9. The Bertz CT molecular complexity index is 674. The molecule has 1 heterocycles. The molecule has 0 saturated carbocycles. The summed E-state index contributed by atoms with van der Waals surface area (Å²) in [5.41, 5.74) is 1.21. The number of carbonyl (C=O) groups is 1. The summed E-state index contributed by atoms with van der Waals surface area (Å²) in [6.45, 7) is 0. The number of rotatable bonds is 2. The molecule has 100 valence electrons. The SMILES string of the molecule is CNc1c(C(=O)OC)cnc2c(Cl)cc(Cl)c(Cl)c12. The predicted molar refractivity (Wildman–Crippen MR) is 77.7 cm³/mol. The molecule has 0 bridgehead atoms. The minimum atomic E-state index is -0.522. The number of nitrogens with one attached hydrogen (secondary N) is 1. The van der Waals surface area contributed by atoms with E-state index in [0.29, 0.717) is 26.6 Å². The van der Waals surface area contributed by atoms with Crippen LogP contribution < -0.4 is 5.32 Å². The third kappa shape index (κ3) is 2.31. The maximum absolute atomic E-state index is 11.7. The zero-order valence-electron chi connectivity index (χ0n) is 10.1. The number of fused-ring (bicyclic) bond motifs is 1. The Morgan fingerprint density at radius 3 is 2.58 bits per heavy atom. The van der Waals surface area contributed by atoms with Crippen molar-refractivity contribution in [3.05, 3.63) is 32.9 Å². The largest absolute Gasteiger partial charge is 0.465 e. The van der Waals surface area contributed by atoms with Crippen LogP contribution in [0.3, 0.4) is 0 Å². The highest BCUT2D eigenvalue weighted by Gasteiger charge is 2.20. The Labute approximate surface area is 124 Å². The summed E-state index contributed by atoms with van der Waals surface area (Å²) in [5.74, 6) is -0.522. The number of aromatic nitrogens is 1. The number of carbonyl (C=O) groups excluding carboxylic acids is 1. The van der Waals surface area contributed by atoms with Crippen LogP contribution >= 0.6 is 34.8 Å². The molecule has 0 unspecified atom stereocenters. The number of nitrogens with zero attached hydrogens (tertiary/aromatic N) is 1. The van der Waals surface area contributed by atoms with Crippen LogP contribution in [0.2, 0.25) is 15.1 Å². The summed E-state index contributed by atoms with van der Waals surface area (Å²) in [6, 6.07) is 1.51. The molecule has 0 aliphatic heterocycles. The molecule has 0 aliphatic rings. The van der Waals surface area contributed by atoms with Gasteiger partial charge in [-0.1, -0.05) is 34.8 Å². The van der Waals surface area contributed by atoms with Crippen molar-refractivity contribution in [3.8, 4) is 0 Å². The molecular formula is C12H9Cl3N2O2. The van der Waals surface area contributed by atoms with Crippen molar-refractivity contribution in [3.63, 3.8) is 0 Å². The van der Waals surface area contributed by atoms with Gasteiger partial charge < -0.3 is 10.1 Å². The molecule has 0 amide bonds. The lowest BCUT2D eigenvalue weighted by Gasteiger charge is -2.13. The fraction of sp³-hybridized carbons (Fsp3) is 0.167. The molecule has 19 heavy (non-hydrogen) atoms. The molecule has 1 aromatic heterocycles. The van der Waals surface area contributed by atoms with Gasteiger partial charge in [-0.3, -0.25) is 4.98 Å². The lowest BCUT2D eigenvalue weighted by atomic mass is 10.1. The van der Waals surface area contributed by atoms with Gasteiger partial charge in [0.2, 0.25) is 0 Å². The van der Waals surface area contributed by atoms with Crippen molar-refractivity contribution < 1.29 is 9.53 Å². The van der Waals surface area contributed by atoms with E-state index >= 15 is 0 Å². The number of halogens is 3. The molecule has 0 atom stereocenters. The normalized spacial score (nSPS) is 10.6. The highest BCUT2D eigenvalue weighted by Crippen LogP contribution is 2.40. The first-order valence-electron chi connectivity index (χ1n) is 5.23. The van der Waals surface area contributed by atoms with Crippen LogP contribution in [0, 0.1) is 0 Å². The summed E-state index contributed by atoms with van der Waals surface area (Å²) in [7, 11) is 2.95. The Morgan fingerprint density at radius 2 is 2.00 bits per heavy atom. The van der Waals surface area contributed by atoms with E-state index in [9.17, 15) is 4.79 Å². The van der Waals surface area contributed by atoms with Gasteiger partial charge in [-0.15, -0.1) is 0 Å². The van der Waals surface area contributed by atoms with Crippen molar-refractivity contribution in [2.45, 2.75) is 0 Å². The first-order valence-corrected chi connectivity index (χ1v) is 6.37. The van der Waals surface area contributed by atoms with Crippen molar-refractivity contribution in [1.29, 1.82) is 0 Å². The number of ether oxygens (including phenoxy) is 1. The van der Waals surface area contributed by atoms with E-state index in [2.05, 4.69) is 10.3 Å². The topological polar surface area (TPSA) is 51.2 Å². The number of hydrogen-bond donors (Lipinski definition) is 1. The lowest BCUT2D eigenvalue weighted by Crippen LogP contribution is -2.07. The van der Waals surface area contributed by atoms with Gasteiger partial charge in [0.25, 0.3) is 0 Å². The van der Waals surface area contributed by atoms with E-state index < -0.39 is 5.97 Å². The molecule has 0 aliphatic carbocycles. The van der Waals surface area contributed by atoms with Crippen molar-refractivity contribution >= 4 is 57.4 Å². The summed E-state index contributed by atoms with van der Waals surface area (Å²) in [6.07, 6.45) is 1.39. The van der Waals surface area contributed by atoms with Gasteiger partial charge in [-0.2, -0.15) is 0 Å². The van der Waals surface area contributed by atoms with Crippen LogP contribution in [0.1, 0.15) is 10.4 Å². The third-order valence-corrected chi connectivity index (χ3v) is 3.72. The number of benzene rings is 1. The van der Waals surface area contributed by atoms with E-state index in [1.54, 1.807) is 7.05 Å². The number of pyridine rings is 1. The van der Waals surface area contributed by atoms with E-state index in [1.165, 1.54) is 19.4 Å². The van der Waals surface area contributed by atoms with Crippen LogP contribution in [0.4, 0.5) is 5.69 Å². The van der Waals surface area contributed by atoms with Gasteiger partial charge in [0, 0.05) is 18.6 Å². The molecule has 0 spiro atoms. The molecule has 0 saturated heterocycles. The lowest BCUT2D eigenvalue weighted by molar-refractivity contribution is 0.0601. The van der Waals surface area contributed by atoms with E-state index in [-0.39, 0.29) is 10.6 Å². The molecular weight excluding hydrogens is 311 g/mol. The molecule has 0 fully saturated rings. The quantitative estimate of drug-likeness (QED) is 0.671. The minimum absolute atomic E-state index is 0.262. The van der Waals surface area contributed by atoms with E-state index in [4.69, 9.17) is 39.5 Å². The van der Waals surface area contributed by atoms with Gasteiger partial charge in [-0.05, 0) is 6.07 Å². The van der Waals surface area contributed by atoms with Crippen LogP contribution in [-0.4, -0.2) is 25.1 Å². The Kier molecular flexibility index (Phi) is 4.04. The van der Waals surface area contributed by atoms with Crippen LogP contribution in [0.25, 0.3) is 10.9 Å². The first-order chi connectivity index (χ1) is 9.01. The van der Waals surface area contributed by atoms with Crippen LogP contribution in [-0.2, 0) is 4.74 Å². The number of esters is 1. The maximum atomic E-state index is 11.7. The fourth-order valence-corrected chi connectivity index (χ4v) is 2.54. The predicted octanol–water partition coefficient (Wildman–Crippen LogP) is 4.02. The van der Waals surface area contributed by atoms with Crippen LogP contribution in [0.15, 0.2) is 12.3 Å². The Morgan fingerprint density at radius 1 is 1.32 bits per heavy atom. The second kappa shape index (κ2) is 5.41. The van der Waals surface area contributed by atoms with Gasteiger partial charge in [0.15, 0.2) is 0 Å². The maximum Gasteiger partial charge on any atom is 0.341 e. The minimum Gasteiger partial charge on any atom is -0.465 e. The molecule has 0 radical (unpaired) electrons. The highest BCUT2D eigenvalue weighted by molar-refractivity contribution is 6.48. The van der Waals surface area contributed by atoms with Crippen LogP contribution in [0.5, 0.6) is 0 Å². The van der Waals surface area contributed by atoms with E-state index in [0.717, 1.165) is 0 Å². The molecule has 1 N–H and O–H groups in total. The Balaban J connectivity index is 2.93. The van der Waals surface area contributed by atoms with E-state index in [1.807, 2.05) is 0 Å². The second-order valence-corrected chi connectivity index (χ2v) is 4.86.